The highest BCUT2D eigenvalue weighted by Crippen LogP contribution is 2.19. The summed E-state index contributed by atoms with van der Waals surface area (Å²) in [5, 5.41) is 4.64. The fourth-order valence-electron chi connectivity index (χ4n) is 2.87. The number of benzene rings is 2. The monoisotopic (exact) mass is 290 g/mol. The Kier molecular flexibility index (Phi) is 3.45. The van der Waals surface area contributed by atoms with Crippen LogP contribution >= 0.6 is 0 Å². The molecule has 0 saturated carbocycles. The Morgan fingerprint density at radius 3 is 2.36 bits per heavy atom. The first-order valence-electron chi connectivity index (χ1n) is 7.64. The van der Waals surface area contributed by atoms with Crippen molar-refractivity contribution in [1.82, 2.24) is 19.7 Å². The lowest BCUT2D eigenvalue weighted by molar-refractivity contribution is 0.201. The summed E-state index contributed by atoms with van der Waals surface area (Å²) in [5.41, 5.74) is 2.43. The van der Waals surface area contributed by atoms with E-state index in [4.69, 9.17) is 4.98 Å². The van der Waals surface area contributed by atoms with Crippen LogP contribution in [0.25, 0.3) is 11.4 Å². The van der Waals surface area contributed by atoms with Crippen LogP contribution in [-0.2, 0) is 19.6 Å². The molecule has 4 heteroatoms. The minimum absolute atomic E-state index is 0.831. The van der Waals surface area contributed by atoms with E-state index in [1.54, 1.807) is 0 Å². The van der Waals surface area contributed by atoms with Crippen LogP contribution in [0.4, 0.5) is 0 Å². The normalized spacial score (nSPS) is 14.7. The zero-order valence-electron chi connectivity index (χ0n) is 12.4. The number of hydrogen-bond donors (Lipinski definition) is 0. The molecule has 0 fully saturated rings. The molecule has 0 aliphatic carbocycles. The highest BCUT2D eigenvalue weighted by molar-refractivity contribution is 5.54. The van der Waals surface area contributed by atoms with Gasteiger partial charge in [-0.15, -0.1) is 0 Å². The molecule has 110 valence electrons. The Morgan fingerprint density at radius 2 is 1.59 bits per heavy atom. The topological polar surface area (TPSA) is 34.0 Å². The van der Waals surface area contributed by atoms with E-state index in [-0.39, 0.29) is 0 Å². The number of rotatable bonds is 3. The molecule has 0 radical (unpaired) electrons. The third-order valence-electron chi connectivity index (χ3n) is 4.02. The molecule has 2 heterocycles. The Bertz CT molecular complexity index is 749. The van der Waals surface area contributed by atoms with Crippen molar-refractivity contribution < 1.29 is 0 Å². The molecule has 4 rings (SSSR count). The summed E-state index contributed by atoms with van der Waals surface area (Å²) in [5.74, 6) is 1.89. The first kappa shape index (κ1) is 13.2. The van der Waals surface area contributed by atoms with Crippen molar-refractivity contribution in [1.29, 1.82) is 0 Å². The molecule has 0 N–H and O–H groups in total. The molecule has 0 spiro atoms. The van der Waals surface area contributed by atoms with Gasteiger partial charge in [0.1, 0.15) is 5.82 Å². The maximum atomic E-state index is 4.72. The Balaban J connectivity index is 1.53. The van der Waals surface area contributed by atoms with E-state index < -0.39 is 0 Å². The zero-order valence-corrected chi connectivity index (χ0v) is 12.4. The molecule has 0 bridgehead atoms. The van der Waals surface area contributed by atoms with Crippen molar-refractivity contribution in [2.24, 2.45) is 0 Å². The van der Waals surface area contributed by atoms with Gasteiger partial charge in [-0.3, -0.25) is 4.90 Å². The Morgan fingerprint density at radius 1 is 0.864 bits per heavy atom. The van der Waals surface area contributed by atoms with Gasteiger partial charge in [0.15, 0.2) is 5.82 Å². The standard InChI is InChI=1S/C18H18N4/c1-3-7-15(8-4-1)13-21-11-12-22-17(14-21)19-18(20-22)16-9-5-2-6-10-16/h1-10H,11-14H2. The van der Waals surface area contributed by atoms with E-state index in [0.717, 1.165) is 43.4 Å². The second-order valence-corrected chi connectivity index (χ2v) is 5.64. The van der Waals surface area contributed by atoms with Crippen LogP contribution in [0.15, 0.2) is 60.7 Å². The fourth-order valence-corrected chi connectivity index (χ4v) is 2.87. The molecular weight excluding hydrogens is 272 g/mol. The summed E-state index contributed by atoms with van der Waals surface area (Å²) < 4.78 is 2.05. The summed E-state index contributed by atoms with van der Waals surface area (Å²) in [6.07, 6.45) is 0. The smallest absolute Gasteiger partial charge is 0.181 e. The molecule has 0 saturated heterocycles. The van der Waals surface area contributed by atoms with Crippen LogP contribution in [0, 0.1) is 0 Å². The van der Waals surface area contributed by atoms with Crippen molar-refractivity contribution in [3.8, 4) is 11.4 Å². The fraction of sp³-hybridized carbons (Fsp3) is 0.222. The highest BCUT2D eigenvalue weighted by atomic mass is 15.4. The van der Waals surface area contributed by atoms with Crippen LogP contribution in [0.3, 0.4) is 0 Å². The molecule has 4 nitrogen and oxygen atoms in total. The Hall–Kier alpha value is -2.46. The van der Waals surface area contributed by atoms with Gasteiger partial charge in [-0.1, -0.05) is 60.7 Å². The minimum Gasteiger partial charge on any atom is -0.290 e. The van der Waals surface area contributed by atoms with Crippen LogP contribution < -0.4 is 0 Å². The van der Waals surface area contributed by atoms with Crippen LogP contribution in [0.5, 0.6) is 0 Å². The van der Waals surface area contributed by atoms with E-state index in [2.05, 4.69) is 52.5 Å². The van der Waals surface area contributed by atoms with Crippen LogP contribution in [0.1, 0.15) is 11.4 Å². The van der Waals surface area contributed by atoms with E-state index in [9.17, 15) is 0 Å². The predicted octanol–water partition coefficient (Wildman–Crippen LogP) is 2.96. The third-order valence-corrected chi connectivity index (χ3v) is 4.02. The first-order valence-corrected chi connectivity index (χ1v) is 7.64. The maximum absolute atomic E-state index is 4.72. The second kappa shape index (κ2) is 5.73. The molecule has 2 aromatic carbocycles. The molecule has 3 aromatic rings. The predicted molar refractivity (Wildman–Crippen MR) is 86.0 cm³/mol. The molecule has 0 unspecified atom stereocenters. The van der Waals surface area contributed by atoms with Gasteiger partial charge < -0.3 is 0 Å². The summed E-state index contributed by atoms with van der Waals surface area (Å²) in [6.45, 7) is 3.74. The molecule has 1 aromatic heterocycles. The van der Waals surface area contributed by atoms with Gasteiger partial charge in [-0.25, -0.2) is 9.67 Å². The molecule has 22 heavy (non-hydrogen) atoms. The summed E-state index contributed by atoms with van der Waals surface area (Å²) in [6, 6.07) is 20.8. The van der Waals surface area contributed by atoms with E-state index >= 15 is 0 Å². The van der Waals surface area contributed by atoms with Crippen molar-refractivity contribution in [2.45, 2.75) is 19.6 Å². The van der Waals surface area contributed by atoms with Crippen LogP contribution in [-0.4, -0.2) is 26.2 Å². The average Bonchev–Trinajstić information content (AvgIpc) is 3.00. The molecule has 0 amide bonds. The lowest BCUT2D eigenvalue weighted by Crippen LogP contribution is -2.33. The first-order chi connectivity index (χ1) is 10.9. The van der Waals surface area contributed by atoms with Crippen LogP contribution in [0.2, 0.25) is 0 Å². The maximum Gasteiger partial charge on any atom is 0.181 e. The quantitative estimate of drug-likeness (QED) is 0.743. The van der Waals surface area contributed by atoms with Gasteiger partial charge in [-0.05, 0) is 5.56 Å². The molecule has 1 aliphatic heterocycles. The van der Waals surface area contributed by atoms with Gasteiger partial charge in [0.05, 0.1) is 13.1 Å². The van der Waals surface area contributed by atoms with Crippen molar-refractivity contribution in [3.63, 3.8) is 0 Å². The van der Waals surface area contributed by atoms with Gasteiger partial charge in [0, 0.05) is 18.7 Å². The zero-order chi connectivity index (χ0) is 14.8. The largest absolute Gasteiger partial charge is 0.290 e. The number of hydrogen-bond acceptors (Lipinski definition) is 3. The minimum atomic E-state index is 0.831. The number of aromatic nitrogens is 3. The average molecular weight is 290 g/mol. The lowest BCUT2D eigenvalue weighted by Gasteiger charge is -2.26. The van der Waals surface area contributed by atoms with E-state index in [1.807, 2.05) is 22.9 Å². The number of nitrogens with zero attached hydrogens (tertiary/aromatic N) is 4. The van der Waals surface area contributed by atoms with Crippen molar-refractivity contribution >= 4 is 0 Å². The van der Waals surface area contributed by atoms with E-state index in [0.29, 0.717) is 0 Å². The summed E-state index contributed by atoms with van der Waals surface area (Å²) in [7, 11) is 0. The van der Waals surface area contributed by atoms with Gasteiger partial charge in [0.25, 0.3) is 0 Å². The SMILES string of the molecule is c1ccc(CN2CCn3nc(-c4ccccc4)nc3C2)cc1. The van der Waals surface area contributed by atoms with Gasteiger partial charge in [0.2, 0.25) is 0 Å². The Labute approximate surface area is 130 Å². The summed E-state index contributed by atoms with van der Waals surface area (Å²) >= 11 is 0. The van der Waals surface area contributed by atoms with E-state index in [1.165, 1.54) is 5.56 Å². The lowest BCUT2D eigenvalue weighted by atomic mass is 10.2. The van der Waals surface area contributed by atoms with Crippen molar-refractivity contribution in [2.75, 3.05) is 6.54 Å². The molecular formula is C18H18N4. The molecule has 0 atom stereocenters. The molecule has 1 aliphatic rings. The van der Waals surface area contributed by atoms with Gasteiger partial charge in [-0.2, -0.15) is 5.10 Å². The summed E-state index contributed by atoms with van der Waals surface area (Å²) in [4.78, 5) is 7.15. The highest BCUT2D eigenvalue weighted by Gasteiger charge is 2.20. The second-order valence-electron chi connectivity index (χ2n) is 5.64. The van der Waals surface area contributed by atoms with Crippen molar-refractivity contribution in [3.05, 3.63) is 72.1 Å². The van der Waals surface area contributed by atoms with Gasteiger partial charge >= 0.3 is 0 Å². The number of fused-ring (bicyclic) bond motifs is 1. The third kappa shape index (κ3) is 2.65.